The third-order valence-electron chi connectivity index (χ3n) is 6.41. The first-order valence-corrected chi connectivity index (χ1v) is 9.91. The maximum Gasteiger partial charge on any atom is 0.243 e. The first kappa shape index (κ1) is 15.9. The molecule has 0 saturated heterocycles. The molecule has 8 heteroatoms. The van der Waals surface area contributed by atoms with Crippen molar-refractivity contribution in [1.82, 2.24) is 29.2 Å². The highest BCUT2D eigenvalue weighted by Crippen LogP contribution is 2.56. The molecule has 4 heterocycles. The zero-order valence-corrected chi connectivity index (χ0v) is 15.5. The van der Waals surface area contributed by atoms with Crippen molar-refractivity contribution in [2.24, 2.45) is 5.41 Å². The third-order valence-corrected chi connectivity index (χ3v) is 6.41. The van der Waals surface area contributed by atoms with Crippen LogP contribution in [0.5, 0.6) is 0 Å². The third kappa shape index (κ3) is 2.51. The predicted octanol–water partition coefficient (Wildman–Crippen LogP) is 3.16. The van der Waals surface area contributed by atoms with Gasteiger partial charge in [-0.2, -0.15) is 10.1 Å². The molecular weight excluding hydrogens is 352 g/mol. The molecule has 142 valence electrons. The van der Waals surface area contributed by atoms with E-state index in [0.717, 1.165) is 22.4 Å². The first-order chi connectivity index (χ1) is 13.7. The Morgan fingerprint density at radius 3 is 2.68 bits per heavy atom. The van der Waals surface area contributed by atoms with Gasteiger partial charge in [0.25, 0.3) is 0 Å². The number of anilines is 2. The fraction of sp³-hybridized carbons (Fsp3) is 0.400. The van der Waals surface area contributed by atoms with Crippen LogP contribution in [0.25, 0.3) is 22.4 Å². The second-order valence-electron chi connectivity index (χ2n) is 8.21. The van der Waals surface area contributed by atoms with Gasteiger partial charge in [0.05, 0.1) is 5.69 Å². The van der Waals surface area contributed by atoms with Crippen LogP contribution >= 0.6 is 0 Å². The molecule has 28 heavy (non-hydrogen) atoms. The van der Waals surface area contributed by atoms with Gasteiger partial charge in [0.15, 0.2) is 11.5 Å². The molecule has 0 aliphatic heterocycles. The molecule has 8 nitrogen and oxygen atoms in total. The summed E-state index contributed by atoms with van der Waals surface area (Å²) in [7, 11) is 0. The number of hydrogen-bond donors (Lipinski definition) is 2. The summed E-state index contributed by atoms with van der Waals surface area (Å²) in [5.74, 6) is 1.06. The maximum atomic E-state index is 6.33. The quantitative estimate of drug-likeness (QED) is 0.572. The highest BCUT2D eigenvalue weighted by Gasteiger charge is 2.44. The number of imidazole rings is 1. The van der Waals surface area contributed by atoms with E-state index < -0.39 is 0 Å². The Bertz CT molecular complexity index is 1180. The number of hydrogen-bond acceptors (Lipinski definition) is 6. The molecule has 1 spiro atoms. The molecular formula is C20H22N8. The highest BCUT2D eigenvalue weighted by atomic mass is 15.3. The molecule has 3 N–H and O–H groups in total. The second kappa shape index (κ2) is 5.67. The van der Waals surface area contributed by atoms with Gasteiger partial charge in [-0.3, -0.25) is 0 Å². The van der Waals surface area contributed by atoms with E-state index in [9.17, 15) is 0 Å². The molecule has 0 bridgehead atoms. The van der Waals surface area contributed by atoms with Crippen LogP contribution < -0.4 is 11.1 Å². The lowest BCUT2D eigenvalue weighted by Crippen LogP contribution is -2.28. The molecule has 0 aromatic carbocycles. The molecule has 2 aliphatic carbocycles. The molecule has 2 saturated carbocycles. The number of fused-ring (bicyclic) bond motifs is 2. The van der Waals surface area contributed by atoms with Gasteiger partial charge >= 0.3 is 0 Å². The van der Waals surface area contributed by atoms with Gasteiger partial charge in [0.1, 0.15) is 5.52 Å². The van der Waals surface area contributed by atoms with E-state index in [-0.39, 0.29) is 0 Å². The Balaban J connectivity index is 1.31. The summed E-state index contributed by atoms with van der Waals surface area (Å²) < 4.78 is 3.55. The second-order valence-corrected chi connectivity index (χ2v) is 8.21. The topological polar surface area (TPSA) is 98.4 Å². The van der Waals surface area contributed by atoms with E-state index in [1.165, 1.54) is 38.5 Å². The van der Waals surface area contributed by atoms with Gasteiger partial charge in [-0.1, -0.05) is 0 Å². The molecule has 0 unspecified atom stereocenters. The highest BCUT2D eigenvalue weighted by molar-refractivity contribution is 5.86. The summed E-state index contributed by atoms with van der Waals surface area (Å²) in [6.07, 6.45) is 13.3. The Morgan fingerprint density at radius 1 is 1.00 bits per heavy atom. The molecule has 6 rings (SSSR count). The normalized spacial score (nSPS) is 18.9. The van der Waals surface area contributed by atoms with Crippen molar-refractivity contribution >= 4 is 22.9 Å². The molecule has 2 aliphatic rings. The summed E-state index contributed by atoms with van der Waals surface area (Å²) >= 11 is 0. The van der Waals surface area contributed by atoms with Crippen LogP contribution in [-0.4, -0.2) is 35.2 Å². The fourth-order valence-electron chi connectivity index (χ4n) is 4.51. The number of nitrogens with zero attached hydrogens (tertiary/aromatic N) is 6. The molecule has 2 fully saturated rings. The average Bonchev–Trinajstić information content (AvgIpc) is 3.11. The van der Waals surface area contributed by atoms with Crippen LogP contribution in [0.3, 0.4) is 0 Å². The van der Waals surface area contributed by atoms with Crippen LogP contribution in [0.1, 0.15) is 38.5 Å². The maximum absolute atomic E-state index is 6.33. The minimum atomic E-state index is 0.434. The van der Waals surface area contributed by atoms with E-state index in [2.05, 4.69) is 25.5 Å². The van der Waals surface area contributed by atoms with Gasteiger partial charge in [0, 0.05) is 30.2 Å². The summed E-state index contributed by atoms with van der Waals surface area (Å²) in [5.41, 5.74) is 10.3. The van der Waals surface area contributed by atoms with Crippen LogP contribution in [0.4, 0.5) is 11.8 Å². The summed E-state index contributed by atoms with van der Waals surface area (Å²) in [4.78, 5) is 8.78. The Labute approximate surface area is 161 Å². The Morgan fingerprint density at radius 2 is 1.86 bits per heavy atom. The monoisotopic (exact) mass is 374 g/mol. The van der Waals surface area contributed by atoms with Crippen LogP contribution in [0.15, 0.2) is 36.8 Å². The predicted molar refractivity (Wildman–Crippen MR) is 107 cm³/mol. The SMILES string of the molecule is Nc1nc(NC2CCC3(CC2)CC3)nn2ccc(-c3ccc4nccn4n3)c12. The molecule has 0 atom stereocenters. The van der Waals surface area contributed by atoms with Crippen molar-refractivity contribution in [3.63, 3.8) is 0 Å². The van der Waals surface area contributed by atoms with E-state index >= 15 is 0 Å². The van der Waals surface area contributed by atoms with Gasteiger partial charge < -0.3 is 11.1 Å². The molecule has 0 amide bonds. The number of nitrogens with two attached hydrogens (primary N) is 1. The standard InChI is InChI=1S/C20H22N8/c21-18-17-14(15-1-2-16-22-10-12-27(16)25-15)5-11-28(17)26-19(24-18)23-13-3-6-20(7-4-13)8-9-20/h1-2,5,10-13H,3-4,6-9H2,(H3,21,23,24,26). The lowest BCUT2D eigenvalue weighted by atomic mass is 9.83. The van der Waals surface area contributed by atoms with Crippen LogP contribution in [-0.2, 0) is 0 Å². The molecule has 0 radical (unpaired) electrons. The molecule has 4 aromatic rings. The van der Waals surface area contributed by atoms with Crippen LogP contribution in [0, 0.1) is 5.41 Å². The van der Waals surface area contributed by atoms with Gasteiger partial charge in [-0.25, -0.2) is 14.0 Å². The zero-order valence-electron chi connectivity index (χ0n) is 15.5. The number of aromatic nitrogens is 6. The fourth-order valence-corrected chi connectivity index (χ4v) is 4.51. The van der Waals surface area contributed by atoms with Crippen molar-refractivity contribution in [3.05, 3.63) is 36.8 Å². The lowest BCUT2D eigenvalue weighted by Gasteiger charge is -2.29. The number of rotatable bonds is 3. The first-order valence-electron chi connectivity index (χ1n) is 9.91. The summed E-state index contributed by atoms with van der Waals surface area (Å²) in [6.45, 7) is 0. The average molecular weight is 374 g/mol. The van der Waals surface area contributed by atoms with E-state index in [1.807, 2.05) is 30.6 Å². The van der Waals surface area contributed by atoms with E-state index in [4.69, 9.17) is 5.73 Å². The summed E-state index contributed by atoms with van der Waals surface area (Å²) in [6, 6.07) is 6.30. The van der Waals surface area contributed by atoms with Crippen molar-refractivity contribution < 1.29 is 0 Å². The smallest absolute Gasteiger partial charge is 0.243 e. The van der Waals surface area contributed by atoms with E-state index in [1.54, 1.807) is 15.2 Å². The number of nitrogens with one attached hydrogen (secondary N) is 1. The van der Waals surface area contributed by atoms with Crippen molar-refractivity contribution in [2.75, 3.05) is 11.1 Å². The van der Waals surface area contributed by atoms with Crippen molar-refractivity contribution in [1.29, 1.82) is 0 Å². The van der Waals surface area contributed by atoms with Gasteiger partial charge in [0.2, 0.25) is 5.95 Å². The van der Waals surface area contributed by atoms with Gasteiger partial charge in [-0.05, 0) is 62.1 Å². The van der Waals surface area contributed by atoms with Gasteiger partial charge in [-0.15, -0.1) is 5.10 Å². The van der Waals surface area contributed by atoms with Crippen LogP contribution in [0.2, 0.25) is 0 Å². The van der Waals surface area contributed by atoms with E-state index in [0.29, 0.717) is 23.2 Å². The van der Waals surface area contributed by atoms with Crippen molar-refractivity contribution in [2.45, 2.75) is 44.6 Å². The largest absolute Gasteiger partial charge is 0.382 e. The Kier molecular flexibility index (Phi) is 3.21. The zero-order chi connectivity index (χ0) is 18.7. The minimum absolute atomic E-state index is 0.434. The minimum Gasteiger partial charge on any atom is -0.382 e. The van der Waals surface area contributed by atoms with Crippen molar-refractivity contribution in [3.8, 4) is 11.3 Å². The lowest BCUT2D eigenvalue weighted by molar-refractivity contribution is 0.316. The Hall–Kier alpha value is -3.16. The number of nitrogen functional groups attached to an aromatic ring is 1. The molecule has 4 aromatic heterocycles. The summed E-state index contributed by atoms with van der Waals surface area (Å²) in [5, 5.41) is 12.8.